The quantitative estimate of drug-likeness (QED) is 0.723. The highest BCUT2D eigenvalue weighted by Crippen LogP contribution is 2.31. The largest absolute Gasteiger partial charge is 0.386 e. The van der Waals surface area contributed by atoms with E-state index in [-0.39, 0.29) is 19.4 Å². The number of hydrogen-bond acceptors (Lipinski definition) is 6. The molecule has 6 nitrogen and oxygen atoms in total. The van der Waals surface area contributed by atoms with E-state index in [9.17, 15) is 18.3 Å². The van der Waals surface area contributed by atoms with Crippen LogP contribution in [0.4, 0.5) is 0 Å². The Balaban J connectivity index is 1.72. The minimum absolute atomic E-state index is 0.00362. The molecule has 1 aromatic heterocycles. The summed E-state index contributed by atoms with van der Waals surface area (Å²) in [6.07, 6.45) is 0.743. The maximum absolute atomic E-state index is 12.6. The molecule has 1 aliphatic rings. The molecule has 0 bridgehead atoms. The lowest BCUT2D eigenvalue weighted by atomic mass is 9.96. The van der Waals surface area contributed by atoms with Gasteiger partial charge in [-0.15, -0.1) is 11.3 Å². The normalized spacial score (nSPS) is 18.8. The number of hydrogen-bond donors (Lipinski definition) is 3. The van der Waals surface area contributed by atoms with Gasteiger partial charge in [-0.2, -0.15) is 0 Å². The molecule has 1 atom stereocenters. The number of carbonyl (C=O) groups excluding carboxylic acids is 1. The summed E-state index contributed by atoms with van der Waals surface area (Å²) >= 11 is 1.47. The van der Waals surface area contributed by atoms with Crippen molar-refractivity contribution in [2.75, 3.05) is 25.9 Å². The zero-order valence-corrected chi connectivity index (χ0v) is 15.6. The van der Waals surface area contributed by atoms with E-state index in [4.69, 9.17) is 0 Å². The van der Waals surface area contributed by atoms with Gasteiger partial charge in [-0.3, -0.25) is 4.79 Å². The Labute approximate surface area is 151 Å². The van der Waals surface area contributed by atoms with Crippen LogP contribution in [0.15, 0.2) is 30.3 Å². The van der Waals surface area contributed by atoms with Gasteiger partial charge in [-0.25, -0.2) is 8.42 Å². The Kier molecular flexibility index (Phi) is 5.15. The predicted octanol–water partition coefficient (Wildman–Crippen LogP) is 1.22. The van der Waals surface area contributed by atoms with Crippen LogP contribution in [-0.4, -0.2) is 50.1 Å². The van der Waals surface area contributed by atoms with Gasteiger partial charge < -0.3 is 15.7 Å². The number of carbonyl (C=O) groups is 1. The van der Waals surface area contributed by atoms with Crippen LogP contribution in [0, 0.1) is 0 Å². The lowest BCUT2D eigenvalue weighted by Gasteiger charge is -2.34. The number of nitrogens with one attached hydrogen (secondary N) is 2. The molecule has 1 fully saturated rings. The van der Waals surface area contributed by atoms with Gasteiger partial charge in [0.15, 0.2) is 14.6 Å². The summed E-state index contributed by atoms with van der Waals surface area (Å²) in [6.45, 7) is 0.967. The van der Waals surface area contributed by atoms with Gasteiger partial charge in [0.2, 0.25) is 5.91 Å². The summed E-state index contributed by atoms with van der Waals surface area (Å²) in [7, 11) is -3.55. The topological polar surface area (TPSA) is 95.5 Å². The van der Waals surface area contributed by atoms with Gasteiger partial charge in [0, 0.05) is 22.4 Å². The molecule has 0 aliphatic carbocycles. The van der Waals surface area contributed by atoms with Crippen LogP contribution in [0.25, 0.3) is 10.1 Å². The summed E-state index contributed by atoms with van der Waals surface area (Å²) < 4.78 is 24.1. The van der Waals surface area contributed by atoms with Crippen molar-refractivity contribution in [3.63, 3.8) is 0 Å². The molecule has 0 spiro atoms. The van der Waals surface area contributed by atoms with Crippen molar-refractivity contribution in [1.29, 1.82) is 0 Å². The lowest BCUT2D eigenvalue weighted by Crippen LogP contribution is -2.57. The number of rotatable bonds is 5. The van der Waals surface area contributed by atoms with Crippen LogP contribution in [0.3, 0.4) is 0 Å². The van der Waals surface area contributed by atoms with Crippen molar-refractivity contribution in [1.82, 2.24) is 10.6 Å². The van der Waals surface area contributed by atoms with Crippen LogP contribution >= 0.6 is 11.3 Å². The molecule has 1 saturated heterocycles. The van der Waals surface area contributed by atoms with Crippen LogP contribution in [0.2, 0.25) is 0 Å². The highest BCUT2D eigenvalue weighted by molar-refractivity contribution is 7.92. The molecule has 0 saturated carbocycles. The predicted molar refractivity (Wildman–Crippen MR) is 99.5 cm³/mol. The number of aliphatic hydroxyl groups excluding tert-OH is 1. The van der Waals surface area contributed by atoms with Crippen molar-refractivity contribution in [3.05, 3.63) is 35.2 Å². The summed E-state index contributed by atoms with van der Waals surface area (Å²) in [4.78, 5) is 13.4. The monoisotopic (exact) mass is 382 g/mol. The van der Waals surface area contributed by atoms with E-state index in [1.54, 1.807) is 0 Å². The molecule has 2 heterocycles. The van der Waals surface area contributed by atoms with Crippen molar-refractivity contribution in [2.45, 2.75) is 23.7 Å². The number of aliphatic hydroxyl groups is 1. The van der Waals surface area contributed by atoms with Crippen LogP contribution in [0.5, 0.6) is 0 Å². The molecule has 8 heteroatoms. The molecule has 3 N–H and O–H groups in total. The van der Waals surface area contributed by atoms with Crippen molar-refractivity contribution in [2.24, 2.45) is 0 Å². The van der Waals surface area contributed by atoms with Gasteiger partial charge in [0.05, 0.1) is 0 Å². The minimum atomic E-state index is -3.55. The van der Waals surface area contributed by atoms with E-state index in [1.807, 2.05) is 30.3 Å². The van der Waals surface area contributed by atoms with Gasteiger partial charge in [-0.1, -0.05) is 18.2 Å². The van der Waals surface area contributed by atoms with Gasteiger partial charge >= 0.3 is 0 Å². The smallest absolute Gasteiger partial charge is 0.241 e. The Bertz CT molecular complexity index is 837. The first-order valence-electron chi connectivity index (χ1n) is 8.19. The first kappa shape index (κ1) is 18.3. The molecule has 1 amide bonds. The average Bonchev–Trinajstić information content (AvgIpc) is 3.03. The molecular weight excluding hydrogens is 360 g/mol. The highest BCUT2D eigenvalue weighted by Gasteiger charge is 2.48. The third kappa shape index (κ3) is 3.57. The molecule has 3 rings (SSSR count). The van der Waals surface area contributed by atoms with Crippen LogP contribution in [0.1, 0.15) is 23.8 Å². The van der Waals surface area contributed by atoms with E-state index < -0.39 is 26.6 Å². The summed E-state index contributed by atoms with van der Waals surface area (Å²) in [5.74, 6) is -0.517. The maximum Gasteiger partial charge on any atom is 0.241 e. The van der Waals surface area contributed by atoms with Gasteiger partial charge in [0.25, 0.3) is 0 Å². The number of fused-ring (bicyclic) bond motifs is 1. The zero-order chi connectivity index (χ0) is 18.1. The zero-order valence-electron chi connectivity index (χ0n) is 14.0. The Morgan fingerprint density at radius 2 is 2.04 bits per heavy atom. The molecule has 2 aromatic rings. The molecule has 0 radical (unpaired) electrons. The van der Waals surface area contributed by atoms with Gasteiger partial charge in [0.1, 0.15) is 6.10 Å². The molecule has 1 aromatic carbocycles. The highest BCUT2D eigenvalue weighted by atomic mass is 32.2. The van der Waals surface area contributed by atoms with E-state index in [0.717, 1.165) is 21.2 Å². The average molecular weight is 383 g/mol. The molecule has 136 valence electrons. The third-order valence-electron chi connectivity index (χ3n) is 4.76. The fraction of sp³-hybridized carbons (Fsp3) is 0.471. The number of benzene rings is 1. The maximum atomic E-state index is 12.6. The van der Waals surface area contributed by atoms with Crippen molar-refractivity contribution < 1.29 is 18.3 Å². The van der Waals surface area contributed by atoms with Gasteiger partial charge in [-0.05, 0) is 43.5 Å². The first-order chi connectivity index (χ1) is 11.8. The third-order valence-corrected chi connectivity index (χ3v) is 7.99. The first-order valence-corrected chi connectivity index (χ1v) is 10.9. The fourth-order valence-corrected chi connectivity index (χ4v) is 5.62. The number of piperidine rings is 1. The second kappa shape index (κ2) is 7.03. The number of thiophene rings is 1. The summed E-state index contributed by atoms with van der Waals surface area (Å²) in [5.41, 5.74) is 0. The molecule has 1 unspecified atom stereocenters. The molecular formula is C17H22N2O4S2. The second-order valence-corrected chi connectivity index (χ2v) is 9.87. The number of sulfone groups is 1. The van der Waals surface area contributed by atoms with Crippen molar-refractivity contribution >= 4 is 37.2 Å². The van der Waals surface area contributed by atoms with Crippen LogP contribution in [-0.2, 0) is 14.6 Å². The molecule has 1 aliphatic heterocycles. The number of amides is 1. The summed E-state index contributed by atoms with van der Waals surface area (Å²) in [6, 6.07) is 9.70. The van der Waals surface area contributed by atoms with E-state index in [0.29, 0.717) is 13.1 Å². The van der Waals surface area contributed by atoms with E-state index in [1.165, 1.54) is 11.3 Å². The van der Waals surface area contributed by atoms with Crippen molar-refractivity contribution in [3.8, 4) is 0 Å². The lowest BCUT2D eigenvalue weighted by molar-refractivity contribution is -0.124. The standard InChI is InChI=1S/C17H22N2O4S2/c1-25(22,23)17(6-8-18-9-7-17)16(21)19-11-13(20)15-10-12-4-2-3-5-14(12)24-15/h2-5,10,13,18,20H,6-9,11H2,1H3,(H,19,21). The molecule has 25 heavy (non-hydrogen) atoms. The van der Waals surface area contributed by atoms with E-state index >= 15 is 0 Å². The summed E-state index contributed by atoms with van der Waals surface area (Å²) in [5, 5.41) is 17.2. The van der Waals surface area contributed by atoms with E-state index in [2.05, 4.69) is 10.6 Å². The second-order valence-electron chi connectivity index (χ2n) is 6.43. The van der Waals surface area contributed by atoms with Crippen LogP contribution < -0.4 is 10.6 Å². The fourth-order valence-electron chi connectivity index (χ4n) is 3.21. The minimum Gasteiger partial charge on any atom is -0.386 e. The Morgan fingerprint density at radius 1 is 1.36 bits per heavy atom. The Morgan fingerprint density at radius 3 is 2.68 bits per heavy atom. The Hall–Kier alpha value is -1.48. The SMILES string of the molecule is CS(=O)(=O)C1(C(=O)NCC(O)c2cc3ccccc3s2)CCNCC1.